The van der Waals surface area contributed by atoms with E-state index in [4.69, 9.17) is 43.9 Å². The highest BCUT2D eigenvalue weighted by molar-refractivity contribution is 7.53. The smallest absolute Gasteiger partial charge is 0.334 e. The summed E-state index contributed by atoms with van der Waals surface area (Å²) in [4.78, 5) is 62.5. The Morgan fingerprint density at radius 3 is 0.906 bits per heavy atom. The van der Waals surface area contributed by atoms with Gasteiger partial charge in [-0.2, -0.15) is 0 Å². The SMILES string of the molecule is Cc1c(C(C)(C)C)cc(OC(c2cc(C(C)(C)C)c(C)c(C(C)(C)C)c2)C(CO)(CO)CO)cc1C(C)(C)C.OP(O)OP(O)O.OP(O)OP(O)O. The van der Waals surface area contributed by atoms with Crippen LogP contribution in [0.2, 0.25) is 0 Å². The summed E-state index contributed by atoms with van der Waals surface area (Å²) in [5, 5.41) is 31.8. The second-order valence-electron chi connectivity index (χ2n) is 16.9. The lowest BCUT2D eigenvalue weighted by Crippen LogP contribution is -2.43. The van der Waals surface area contributed by atoms with Crippen molar-refractivity contribution < 1.29 is 67.8 Å². The lowest BCUT2D eigenvalue weighted by Gasteiger charge is -2.39. The Morgan fingerprint density at radius 1 is 0.472 bits per heavy atom. The molecule has 18 heteroatoms. The number of aliphatic hydroxyl groups excluding tert-OH is 3. The molecule has 2 aromatic rings. The zero-order valence-electron chi connectivity index (χ0n) is 33.4. The molecule has 0 saturated carbocycles. The van der Waals surface area contributed by atoms with Gasteiger partial charge in [0.15, 0.2) is 0 Å². The van der Waals surface area contributed by atoms with Gasteiger partial charge in [-0.1, -0.05) is 95.2 Å². The normalized spacial score (nSPS) is 13.6. The van der Waals surface area contributed by atoms with E-state index in [0.29, 0.717) is 5.75 Å². The zero-order chi connectivity index (χ0) is 42.1. The predicted octanol–water partition coefficient (Wildman–Crippen LogP) is 6.43. The molecule has 0 bridgehead atoms. The summed E-state index contributed by atoms with van der Waals surface area (Å²) >= 11 is 0. The fourth-order valence-corrected chi connectivity index (χ4v) is 7.02. The van der Waals surface area contributed by atoms with Gasteiger partial charge in [-0.15, -0.1) is 0 Å². The maximum atomic E-state index is 10.6. The van der Waals surface area contributed by atoms with Gasteiger partial charge in [0.2, 0.25) is 0 Å². The Bertz CT molecular complexity index is 1300. The third kappa shape index (κ3) is 16.8. The van der Waals surface area contributed by atoms with Crippen molar-refractivity contribution in [1.29, 1.82) is 0 Å². The van der Waals surface area contributed by atoms with Crippen molar-refractivity contribution in [3.8, 4) is 5.75 Å². The van der Waals surface area contributed by atoms with Crippen molar-refractivity contribution in [2.45, 2.75) is 125 Å². The van der Waals surface area contributed by atoms with Crippen molar-refractivity contribution >= 4 is 34.4 Å². The molecule has 0 saturated heterocycles. The molecular weight excluding hydrogens is 768 g/mol. The Labute approximate surface area is 320 Å². The molecule has 14 nitrogen and oxygen atoms in total. The molecule has 2 aromatic carbocycles. The fraction of sp³-hybridized carbons (Fsp3) is 0.657. The lowest BCUT2D eigenvalue weighted by atomic mass is 9.72. The van der Waals surface area contributed by atoms with Crippen molar-refractivity contribution in [2.24, 2.45) is 5.41 Å². The summed E-state index contributed by atoms with van der Waals surface area (Å²) in [5.41, 5.74) is 6.34. The number of ether oxygens (including phenoxy) is 1. The summed E-state index contributed by atoms with van der Waals surface area (Å²) in [6, 6.07) is 8.49. The van der Waals surface area contributed by atoms with Gasteiger partial charge in [-0.05, 0) is 86.6 Å². The number of aliphatic hydroxyl groups is 3. The molecule has 0 amide bonds. The highest BCUT2D eigenvalue weighted by atomic mass is 31.2. The van der Waals surface area contributed by atoms with Crippen molar-refractivity contribution in [1.82, 2.24) is 0 Å². The van der Waals surface area contributed by atoms with Gasteiger partial charge in [0.25, 0.3) is 0 Å². The second kappa shape index (κ2) is 21.3. The minimum Gasteiger partial charge on any atom is -0.485 e. The average Bonchev–Trinajstić information content (AvgIpc) is 2.95. The maximum Gasteiger partial charge on any atom is 0.334 e. The summed E-state index contributed by atoms with van der Waals surface area (Å²) in [7, 11) is -10.4. The number of benzene rings is 2. The molecule has 308 valence electrons. The summed E-state index contributed by atoms with van der Waals surface area (Å²) in [6.07, 6.45) is -0.774. The molecule has 0 aliphatic rings. The molecule has 0 heterocycles. The van der Waals surface area contributed by atoms with Crippen LogP contribution in [0, 0.1) is 19.3 Å². The van der Waals surface area contributed by atoms with Crippen LogP contribution in [0.3, 0.4) is 0 Å². The molecule has 0 aliphatic carbocycles. The molecule has 0 fully saturated rings. The molecule has 0 radical (unpaired) electrons. The van der Waals surface area contributed by atoms with Gasteiger partial charge in [0.1, 0.15) is 11.9 Å². The molecule has 53 heavy (non-hydrogen) atoms. The van der Waals surface area contributed by atoms with E-state index in [9.17, 15) is 15.3 Å². The van der Waals surface area contributed by atoms with E-state index < -0.39 is 65.7 Å². The first-order valence-electron chi connectivity index (χ1n) is 16.7. The van der Waals surface area contributed by atoms with Crippen molar-refractivity contribution in [3.63, 3.8) is 0 Å². The monoisotopic (exact) mass is 832 g/mol. The number of hydrogen-bond acceptors (Lipinski definition) is 14. The van der Waals surface area contributed by atoms with Gasteiger partial charge in [-0.3, -0.25) is 0 Å². The first-order chi connectivity index (χ1) is 23.8. The van der Waals surface area contributed by atoms with Crippen LogP contribution in [0.4, 0.5) is 0 Å². The van der Waals surface area contributed by atoms with E-state index in [1.807, 2.05) is 0 Å². The van der Waals surface area contributed by atoms with Crippen LogP contribution in [-0.4, -0.2) is 74.3 Å². The fourth-order valence-electron chi connectivity index (χ4n) is 5.97. The van der Waals surface area contributed by atoms with Crippen LogP contribution in [-0.2, 0) is 30.3 Å². The minimum absolute atomic E-state index is 0.107. The average molecular weight is 833 g/mol. The van der Waals surface area contributed by atoms with Crippen LogP contribution in [0.15, 0.2) is 24.3 Å². The predicted molar refractivity (Wildman–Crippen MR) is 212 cm³/mol. The Balaban J connectivity index is 0.00000162. The highest BCUT2D eigenvalue weighted by Crippen LogP contribution is 2.45. The van der Waals surface area contributed by atoms with E-state index in [-0.39, 0.29) is 21.7 Å². The van der Waals surface area contributed by atoms with Crippen LogP contribution >= 0.6 is 34.4 Å². The summed E-state index contributed by atoms with van der Waals surface area (Å²) in [5.74, 6) is 0.676. The molecule has 1 atom stereocenters. The Kier molecular flexibility index (Phi) is 21.0. The maximum absolute atomic E-state index is 10.6. The molecular formula is C35H64O14P4. The van der Waals surface area contributed by atoms with E-state index in [1.165, 1.54) is 33.4 Å². The summed E-state index contributed by atoms with van der Waals surface area (Å²) in [6.45, 7) is 29.5. The van der Waals surface area contributed by atoms with Gasteiger partial charge in [0, 0.05) is 0 Å². The molecule has 0 aliphatic heterocycles. The van der Waals surface area contributed by atoms with Crippen molar-refractivity contribution in [3.05, 3.63) is 63.2 Å². The van der Waals surface area contributed by atoms with Crippen LogP contribution in [0.1, 0.15) is 128 Å². The molecule has 0 spiro atoms. The van der Waals surface area contributed by atoms with E-state index in [1.54, 1.807) is 0 Å². The van der Waals surface area contributed by atoms with Gasteiger partial charge in [-0.25, -0.2) is 8.62 Å². The largest absolute Gasteiger partial charge is 0.485 e. The molecule has 1 unspecified atom stereocenters. The highest BCUT2D eigenvalue weighted by Gasteiger charge is 2.42. The molecule has 0 aromatic heterocycles. The summed E-state index contributed by atoms with van der Waals surface area (Å²) < 4.78 is 14.1. The molecule has 11 N–H and O–H groups in total. The van der Waals surface area contributed by atoms with Gasteiger partial charge >= 0.3 is 34.4 Å². The topological polar surface area (TPSA) is 250 Å². The quantitative estimate of drug-likeness (QED) is 0.109. The third-order valence-electron chi connectivity index (χ3n) is 8.39. The standard InChI is InChI=1S/C35H56O4.2H4O5P2/c1-22-26(31(3,4)5)15-24(16-27(22)32(6,7)8)30(35(19-36,20-37)21-38)39-25-17-28(33(9,10)11)23(2)29(18-25)34(12,13)14;2*1-6(2)5-7(3)4/h15-18,30,36-38H,19-21H2,1-14H3;2*1-4H. The number of hydrogen-bond donors (Lipinski definition) is 11. The Hall–Kier alpha value is -0.560. The zero-order valence-corrected chi connectivity index (χ0v) is 37.0. The van der Waals surface area contributed by atoms with Crippen LogP contribution in [0.5, 0.6) is 5.75 Å². The first-order valence-corrected chi connectivity index (χ1v) is 21.3. The van der Waals surface area contributed by atoms with E-state index in [2.05, 4.69) is 130 Å². The molecule has 2 rings (SSSR count). The van der Waals surface area contributed by atoms with Crippen LogP contribution < -0.4 is 4.74 Å². The number of rotatable bonds is 11. The minimum atomic E-state index is -2.61. The van der Waals surface area contributed by atoms with E-state index >= 15 is 0 Å². The van der Waals surface area contributed by atoms with Crippen molar-refractivity contribution in [2.75, 3.05) is 19.8 Å². The lowest BCUT2D eigenvalue weighted by molar-refractivity contribution is -0.0744. The Morgan fingerprint density at radius 2 is 0.717 bits per heavy atom. The van der Waals surface area contributed by atoms with Crippen LogP contribution in [0.25, 0.3) is 0 Å². The second-order valence-corrected chi connectivity index (χ2v) is 20.2. The van der Waals surface area contributed by atoms with E-state index in [0.717, 1.165) is 5.56 Å². The first kappa shape index (κ1) is 52.4. The van der Waals surface area contributed by atoms with Gasteiger partial charge in [0.05, 0.1) is 25.2 Å². The third-order valence-corrected chi connectivity index (χ3v) is 10.7. The van der Waals surface area contributed by atoms with Gasteiger partial charge < -0.3 is 59.2 Å².